The molecule has 3 rings (SSSR count). The van der Waals surface area contributed by atoms with Crippen LogP contribution in [-0.2, 0) is 23.7 Å². The molecule has 15 atom stereocenters. The molecule has 0 radical (unpaired) electrons. The molecule has 246 valence electrons. The maximum Gasteiger partial charge on any atom is 0.186 e. The Bertz CT molecular complexity index is 833. The molecule has 2 heterocycles. The first-order valence-electron chi connectivity index (χ1n) is 14.4. The number of ether oxygens (including phenoxy) is 4. The number of Topliss-reactive ketones (excluding diaryl/α,β-unsaturated/α-hetero) is 1. The molecule has 2 aliphatic heterocycles. The molecule has 0 aromatic rings. The van der Waals surface area contributed by atoms with Gasteiger partial charge in [0, 0.05) is 25.6 Å². The smallest absolute Gasteiger partial charge is 0.186 e. The van der Waals surface area contributed by atoms with Crippen molar-refractivity contribution in [2.24, 2.45) is 28.9 Å². The van der Waals surface area contributed by atoms with Crippen molar-refractivity contribution in [3.05, 3.63) is 0 Å². The first kappa shape index (κ1) is 35.5. The molecule has 16 N–H and O–H groups in total. The summed E-state index contributed by atoms with van der Waals surface area (Å²) in [5.74, 6) is -1.33. The highest BCUT2D eigenvalue weighted by Crippen LogP contribution is 2.36. The number of aliphatic hydroxyl groups is 7. The Morgan fingerprint density at radius 1 is 0.905 bits per heavy atom. The number of ketones is 1. The minimum atomic E-state index is -1.56. The molecule has 17 heteroatoms. The molecule has 1 aliphatic carbocycles. The van der Waals surface area contributed by atoms with Gasteiger partial charge in [0.1, 0.15) is 36.6 Å². The largest absolute Gasteiger partial charge is 0.395 e. The topological polar surface area (TPSA) is 312 Å². The zero-order valence-corrected chi connectivity index (χ0v) is 23.5. The Balaban J connectivity index is 1.81. The molecule has 0 unspecified atom stereocenters. The van der Waals surface area contributed by atoms with Crippen LogP contribution in [0.15, 0.2) is 0 Å². The summed E-state index contributed by atoms with van der Waals surface area (Å²) < 4.78 is 23.5. The Morgan fingerprint density at radius 3 is 2.21 bits per heavy atom. The van der Waals surface area contributed by atoms with Crippen molar-refractivity contribution in [3.63, 3.8) is 0 Å². The minimum absolute atomic E-state index is 0.0316. The third-order valence-electron chi connectivity index (χ3n) is 8.17. The minimum Gasteiger partial charge on any atom is -0.395 e. The van der Waals surface area contributed by atoms with Crippen molar-refractivity contribution in [3.8, 4) is 0 Å². The van der Waals surface area contributed by atoms with E-state index in [1.165, 1.54) is 0 Å². The summed E-state index contributed by atoms with van der Waals surface area (Å²) in [5.41, 5.74) is 24.0. The van der Waals surface area contributed by atoms with E-state index < -0.39 is 104 Å². The molecule has 0 aromatic carbocycles. The van der Waals surface area contributed by atoms with E-state index in [2.05, 4.69) is 5.32 Å². The molecular formula is C25H49N5O12. The number of carbonyl (C=O) groups is 1. The van der Waals surface area contributed by atoms with Crippen LogP contribution in [0.1, 0.15) is 25.7 Å². The van der Waals surface area contributed by atoms with Crippen LogP contribution in [0.2, 0.25) is 0 Å². The van der Waals surface area contributed by atoms with Gasteiger partial charge >= 0.3 is 0 Å². The van der Waals surface area contributed by atoms with E-state index in [4.69, 9.17) is 47.0 Å². The first-order valence-corrected chi connectivity index (χ1v) is 14.4. The highest BCUT2D eigenvalue weighted by molar-refractivity contribution is 5.83. The monoisotopic (exact) mass is 611 g/mol. The lowest BCUT2D eigenvalue weighted by molar-refractivity contribution is -0.320. The predicted molar refractivity (Wildman–Crippen MR) is 144 cm³/mol. The average molecular weight is 612 g/mol. The maximum absolute atomic E-state index is 12.8. The summed E-state index contributed by atoms with van der Waals surface area (Å²) in [4.78, 5) is 12.8. The highest BCUT2D eigenvalue weighted by atomic mass is 16.7. The number of nitrogens with one attached hydrogen (secondary N) is 1. The van der Waals surface area contributed by atoms with Gasteiger partial charge in [0.2, 0.25) is 0 Å². The predicted octanol–water partition coefficient (Wildman–Crippen LogP) is -6.71. The van der Waals surface area contributed by atoms with Crippen molar-refractivity contribution in [2.75, 3.05) is 32.8 Å². The van der Waals surface area contributed by atoms with Crippen LogP contribution >= 0.6 is 0 Å². The van der Waals surface area contributed by atoms with Crippen LogP contribution in [-0.4, -0.2) is 160 Å². The highest BCUT2D eigenvalue weighted by Gasteiger charge is 2.51. The maximum atomic E-state index is 12.8. The summed E-state index contributed by atoms with van der Waals surface area (Å²) in [6, 6.07) is -2.89. The van der Waals surface area contributed by atoms with Gasteiger partial charge in [0.25, 0.3) is 0 Å². The lowest BCUT2D eigenvalue weighted by Crippen LogP contribution is -2.66. The Hall–Kier alpha value is -0.970. The summed E-state index contributed by atoms with van der Waals surface area (Å²) in [6.07, 6.45) is -13.7. The normalized spacial score (nSPS) is 43.7. The number of aliphatic hydroxyl groups excluding tert-OH is 7. The van der Waals surface area contributed by atoms with Gasteiger partial charge in [0.05, 0.1) is 43.6 Å². The van der Waals surface area contributed by atoms with Gasteiger partial charge in [-0.05, 0) is 31.7 Å². The molecule has 0 bridgehead atoms. The molecule has 17 nitrogen and oxygen atoms in total. The van der Waals surface area contributed by atoms with Crippen LogP contribution in [0.3, 0.4) is 0 Å². The Labute approximate surface area is 244 Å². The third kappa shape index (κ3) is 8.60. The van der Waals surface area contributed by atoms with E-state index in [0.717, 1.165) is 0 Å². The molecule has 42 heavy (non-hydrogen) atoms. The molecule has 0 aromatic heterocycles. The van der Waals surface area contributed by atoms with E-state index >= 15 is 0 Å². The van der Waals surface area contributed by atoms with Gasteiger partial charge in [-0.2, -0.15) is 0 Å². The second kappa shape index (κ2) is 16.4. The van der Waals surface area contributed by atoms with Gasteiger partial charge in [-0.25, -0.2) is 0 Å². The van der Waals surface area contributed by atoms with Crippen LogP contribution < -0.4 is 28.3 Å². The summed E-state index contributed by atoms with van der Waals surface area (Å²) >= 11 is 0. The second-order valence-corrected chi connectivity index (χ2v) is 11.3. The van der Waals surface area contributed by atoms with Crippen molar-refractivity contribution >= 4 is 5.78 Å². The fourth-order valence-electron chi connectivity index (χ4n) is 5.71. The van der Waals surface area contributed by atoms with E-state index in [9.17, 15) is 35.4 Å². The van der Waals surface area contributed by atoms with Crippen LogP contribution in [0.4, 0.5) is 0 Å². The Morgan fingerprint density at radius 2 is 1.57 bits per heavy atom. The van der Waals surface area contributed by atoms with Gasteiger partial charge in [-0.3, -0.25) is 4.79 Å². The number of hydrogen-bond donors (Lipinski definition) is 12. The zero-order chi connectivity index (χ0) is 31.1. The van der Waals surface area contributed by atoms with E-state index in [1.807, 2.05) is 0 Å². The van der Waals surface area contributed by atoms with Crippen LogP contribution in [0.25, 0.3) is 0 Å². The van der Waals surface area contributed by atoms with E-state index in [-0.39, 0.29) is 51.9 Å². The zero-order valence-electron chi connectivity index (χ0n) is 23.5. The number of nitrogens with two attached hydrogens (primary N) is 4. The summed E-state index contributed by atoms with van der Waals surface area (Å²) in [6.45, 7) is -0.184. The molecule has 3 aliphatic rings. The first-order chi connectivity index (χ1) is 19.9. The molecule has 2 saturated heterocycles. The molecule has 1 saturated carbocycles. The molecular weight excluding hydrogens is 562 g/mol. The Kier molecular flexibility index (Phi) is 13.8. The van der Waals surface area contributed by atoms with Crippen molar-refractivity contribution in [1.29, 1.82) is 0 Å². The van der Waals surface area contributed by atoms with E-state index in [0.29, 0.717) is 0 Å². The standard InChI is InChI=1S/C25H49N5O12/c26-2-1-13(33)14(34)6-10-5-11(27)23(42-24-12(28)7-15(35)16(39-24)8-30-3-4-31)21(38)22(10)41-25-20(37)18(29)19(36)17(9-32)40-25/h10-13,15-25,30-33,35-38H,1-9,26-29H2/t10-,11-,12+,13-,15-,16+,17+,18-,19+,20+,21+,22-,23+,24+,25+/m0/s1. The van der Waals surface area contributed by atoms with Crippen LogP contribution in [0.5, 0.6) is 0 Å². The lowest BCUT2D eigenvalue weighted by atomic mass is 9.76. The molecule has 0 spiro atoms. The number of hydrogen-bond acceptors (Lipinski definition) is 17. The fraction of sp³-hybridized carbons (Fsp3) is 0.960. The van der Waals surface area contributed by atoms with Gasteiger partial charge in [-0.1, -0.05) is 0 Å². The van der Waals surface area contributed by atoms with Crippen molar-refractivity contribution in [2.45, 2.75) is 111 Å². The molecule has 0 amide bonds. The van der Waals surface area contributed by atoms with Crippen molar-refractivity contribution < 1.29 is 59.5 Å². The van der Waals surface area contributed by atoms with Crippen LogP contribution in [0, 0.1) is 5.92 Å². The summed E-state index contributed by atoms with van der Waals surface area (Å²) in [5, 5.41) is 74.5. The van der Waals surface area contributed by atoms with Gasteiger partial charge in [-0.15, -0.1) is 0 Å². The summed E-state index contributed by atoms with van der Waals surface area (Å²) in [7, 11) is 0. The van der Waals surface area contributed by atoms with E-state index in [1.54, 1.807) is 0 Å². The molecule has 3 fully saturated rings. The van der Waals surface area contributed by atoms with Gasteiger partial charge < -0.3 is 82.9 Å². The second-order valence-electron chi connectivity index (χ2n) is 11.3. The number of rotatable bonds is 14. The van der Waals surface area contributed by atoms with Gasteiger partial charge in [0.15, 0.2) is 18.4 Å². The quantitative estimate of drug-likeness (QED) is 0.0812. The fourth-order valence-corrected chi connectivity index (χ4v) is 5.71. The third-order valence-corrected chi connectivity index (χ3v) is 8.17. The lowest BCUT2D eigenvalue weighted by Gasteiger charge is -2.48. The van der Waals surface area contributed by atoms with Crippen molar-refractivity contribution in [1.82, 2.24) is 5.32 Å². The average Bonchev–Trinajstić information content (AvgIpc) is 2.95. The SMILES string of the molecule is NCC[C@H](O)C(=O)C[C@@H]1C[C@H](N)[C@@H](O[C@H]2O[C@H](CNCCO)[C@@H](O)C[C@H]2N)[C@H](O)[C@H]1O[C@H]1O[C@H](CO)[C@@H](O)[C@H](N)[C@H]1O. The number of carbonyl (C=O) groups excluding carboxylic acids is 1.